The number of aryl methyl sites for hydroxylation is 7. The number of hydrogen-bond donors (Lipinski definition) is 0. The van der Waals surface area contributed by atoms with Crippen LogP contribution < -0.4 is 0 Å². The highest BCUT2D eigenvalue weighted by molar-refractivity contribution is 6.06. The van der Waals surface area contributed by atoms with Crippen molar-refractivity contribution in [2.24, 2.45) is 19.1 Å². The van der Waals surface area contributed by atoms with Crippen molar-refractivity contribution in [3.8, 4) is 0 Å². The van der Waals surface area contributed by atoms with E-state index in [1.807, 2.05) is 30.3 Å². The molecule has 0 saturated heterocycles. The maximum Gasteiger partial charge on any atom is 0.110 e. The molecule has 0 bridgehead atoms. The normalized spacial score (nSPS) is 12.1. The molecule has 0 radical (unpaired) electrons. The van der Waals surface area contributed by atoms with Crippen LogP contribution in [0.3, 0.4) is 0 Å². The van der Waals surface area contributed by atoms with Gasteiger partial charge in [0.05, 0.1) is 44.3 Å². The predicted molar refractivity (Wildman–Crippen MR) is 320 cm³/mol. The summed E-state index contributed by atoms with van der Waals surface area (Å²) in [5, 5.41) is 11.0. The first-order chi connectivity index (χ1) is 38.0. The van der Waals surface area contributed by atoms with E-state index < -0.39 is 0 Å². The molecule has 0 unspecified atom stereocenters. The molecule has 1 aliphatic heterocycles. The van der Waals surface area contributed by atoms with Gasteiger partial charge in [-0.3, -0.25) is 19.9 Å². The van der Waals surface area contributed by atoms with Gasteiger partial charge in [0.25, 0.3) is 0 Å². The topological polar surface area (TPSA) is 86.7 Å². The fraction of sp³-hybridized carbons (Fsp3) is 0.130. The number of imidazole rings is 2. The molecule has 14 aromatic rings. The van der Waals surface area contributed by atoms with E-state index in [1.165, 1.54) is 76.5 Å². The average Bonchev–Trinajstić information content (AvgIpc) is 4.24. The third kappa shape index (κ3) is 9.66. The zero-order chi connectivity index (χ0) is 51.7. The van der Waals surface area contributed by atoms with Crippen molar-refractivity contribution in [3.63, 3.8) is 0 Å². The molecule has 77 heavy (non-hydrogen) atoms. The summed E-state index contributed by atoms with van der Waals surface area (Å²) >= 11 is 0. The van der Waals surface area contributed by atoms with Gasteiger partial charge >= 0.3 is 0 Å². The Hall–Kier alpha value is -9.40. The molecule has 8 heteroatoms. The summed E-state index contributed by atoms with van der Waals surface area (Å²) in [6.45, 7) is 0. The highest BCUT2D eigenvalue weighted by Crippen LogP contribution is 2.36. The summed E-state index contributed by atoms with van der Waals surface area (Å²) in [6.07, 6.45) is 6.41. The van der Waals surface area contributed by atoms with Gasteiger partial charge in [-0.25, -0.2) is 9.97 Å². The maximum absolute atomic E-state index is 4.95. The summed E-state index contributed by atoms with van der Waals surface area (Å²) < 4.78 is 4.42. The molecule has 0 saturated carbocycles. The summed E-state index contributed by atoms with van der Waals surface area (Å²) in [5.74, 6) is 2.21. The van der Waals surface area contributed by atoms with Gasteiger partial charge in [0.1, 0.15) is 11.6 Å². The van der Waals surface area contributed by atoms with Crippen LogP contribution in [0.15, 0.2) is 223 Å². The lowest BCUT2D eigenvalue weighted by Gasteiger charge is -2.04. The van der Waals surface area contributed by atoms with E-state index in [-0.39, 0.29) is 0 Å². The van der Waals surface area contributed by atoms with E-state index in [2.05, 4.69) is 211 Å². The van der Waals surface area contributed by atoms with Crippen LogP contribution >= 0.6 is 0 Å². The molecule has 6 heterocycles. The Balaban J connectivity index is 0.000000110. The Kier molecular flexibility index (Phi) is 12.7. The van der Waals surface area contributed by atoms with Crippen LogP contribution in [-0.2, 0) is 52.6 Å². The van der Waals surface area contributed by atoms with Gasteiger partial charge in [-0.2, -0.15) is 0 Å². The Morgan fingerprint density at radius 1 is 0.325 bits per heavy atom. The molecule has 0 atom stereocenters. The predicted octanol–water partition coefficient (Wildman–Crippen LogP) is 15.8. The standard InChI is InChI=1S/2C23H19N3.C23H18N2/c2*1-26-21-14-11-16-6-2-4-8-19(16)23(21)25-22(26)15-13-18-12-10-17-7-3-5-9-20(17)24-18;1-3-7-21-16(5-1)9-10-18-15-20(25-23(18)21)14-13-19-12-11-17-6-2-4-8-22(17)24-19/h2*2-12,14H,13,15H2,1H3;1-12H,13-15H2. The Morgan fingerprint density at radius 3 is 1.16 bits per heavy atom. The molecular weight excluding hydrogens is 941 g/mol. The third-order valence-electron chi connectivity index (χ3n) is 15.2. The van der Waals surface area contributed by atoms with Crippen molar-refractivity contribution in [3.05, 3.63) is 253 Å². The van der Waals surface area contributed by atoms with Crippen molar-refractivity contribution >= 4 is 98.5 Å². The first kappa shape index (κ1) is 47.3. The van der Waals surface area contributed by atoms with E-state index in [4.69, 9.17) is 29.9 Å². The van der Waals surface area contributed by atoms with Crippen molar-refractivity contribution < 1.29 is 0 Å². The summed E-state index contributed by atoms with van der Waals surface area (Å²) in [5.41, 5.74) is 14.9. The van der Waals surface area contributed by atoms with Gasteiger partial charge in [-0.15, -0.1) is 0 Å². The number of aliphatic imine (C=N–C) groups is 1. The SMILES string of the molecule is Cn1c(CCc2ccc3ccccc3n2)nc2c3ccccc3ccc21.Cn1c(CCc2ccc3ccccc3n2)nc2c3ccccc3ccc21.c1ccc2nc(CCC3=Nc4c(ccc5ccccc45)C3)ccc2c1. The van der Waals surface area contributed by atoms with E-state index in [9.17, 15) is 0 Å². The number of hydrogen-bond acceptors (Lipinski definition) is 6. The minimum atomic E-state index is 0.880. The lowest BCUT2D eigenvalue weighted by molar-refractivity contribution is 0.778. The van der Waals surface area contributed by atoms with Gasteiger partial charge in [0.2, 0.25) is 0 Å². The van der Waals surface area contributed by atoms with Crippen molar-refractivity contribution in [2.75, 3.05) is 0 Å². The number of rotatable bonds is 9. The Morgan fingerprint density at radius 2 is 0.688 bits per heavy atom. The molecule has 5 aromatic heterocycles. The lowest BCUT2D eigenvalue weighted by atomic mass is 10.0. The molecule has 0 N–H and O–H groups in total. The fourth-order valence-electron chi connectivity index (χ4n) is 11.0. The van der Waals surface area contributed by atoms with Gasteiger partial charge in [-0.1, -0.05) is 170 Å². The van der Waals surface area contributed by atoms with Crippen molar-refractivity contribution in [2.45, 2.75) is 44.9 Å². The fourth-order valence-corrected chi connectivity index (χ4v) is 11.0. The van der Waals surface area contributed by atoms with Crippen LogP contribution in [0.5, 0.6) is 0 Å². The Bertz CT molecular complexity index is 4350. The van der Waals surface area contributed by atoms with Gasteiger partial charge in [0, 0.05) is 88.5 Å². The number of pyridine rings is 3. The monoisotopic (exact) mass is 996 g/mol. The van der Waals surface area contributed by atoms with Crippen LogP contribution in [0.25, 0.3) is 87.1 Å². The minimum Gasteiger partial charge on any atom is -0.331 e. The molecule has 0 aliphatic carbocycles. The highest BCUT2D eigenvalue weighted by atomic mass is 15.1. The van der Waals surface area contributed by atoms with Crippen LogP contribution in [0.2, 0.25) is 0 Å². The first-order valence-electron chi connectivity index (χ1n) is 26.7. The molecule has 0 spiro atoms. The van der Waals surface area contributed by atoms with Gasteiger partial charge in [-0.05, 0) is 95.9 Å². The average molecular weight is 997 g/mol. The molecule has 8 nitrogen and oxygen atoms in total. The number of fused-ring (bicyclic) bond motifs is 12. The van der Waals surface area contributed by atoms with Crippen molar-refractivity contribution in [1.29, 1.82) is 0 Å². The van der Waals surface area contributed by atoms with Crippen LogP contribution in [0.4, 0.5) is 5.69 Å². The number of para-hydroxylation sites is 3. The maximum atomic E-state index is 4.95. The third-order valence-corrected chi connectivity index (χ3v) is 15.2. The van der Waals surface area contributed by atoms with Crippen LogP contribution in [0, 0.1) is 0 Å². The zero-order valence-corrected chi connectivity index (χ0v) is 43.3. The van der Waals surface area contributed by atoms with E-state index in [0.717, 1.165) is 101 Å². The quantitative estimate of drug-likeness (QED) is 0.144. The van der Waals surface area contributed by atoms with E-state index >= 15 is 0 Å². The van der Waals surface area contributed by atoms with E-state index in [0.29, 0.717) is 0 Å². The van der Waals surface area contributed by atoms with Crippen LogP contribution in [-0.4, -0.2) is 39.8 Å². The van der Waals surface area contributed by atoms with Crippen LogP contribution in [0.1, 0.15) is 40.7 Å². The second-order valence-electron chi connectivity index (χ2n) is 20.1. The summed E-state index contributed by atoms with van der Waals surface area (Å²) in [4.78, 5) is 29.2. The molecule has 1 aliphatic rings. The Labute approximate surface area is 447 Å². The van der Waals surface area contributed by atoms with Gasteiger partial charge < -0.3 is 9.13 Å². The minimum absolute atomic E-state index is 0.880. The molecule has 15 rings (SSSR count). The molecule has 0 amide bonds. The smallest absolute Gasteiger partial charge is 0.110 e. The molecule has 372 valence electrons. The first-order valence-corrected chi connectivity index (χ1v) is 26.7. The van der Waals surface area contributed by atoms with Crippen molar-refractivity contribution in [1.82, 2.24) is 34.1 Å². The molecule has 9 aromatic carbocycles. The lowest BCUT2D eigenvalue weighted by Crippen LogP contribution is -2.01. The highest BCUT2D eigenvalue weighted by Gasteiger charge is 2.18. The summed E-state index contributed by atoms with van der Waals surface area (Å²) in [7, 11) is 4.21. The molecular formula is C69H56N8. The molecule has 0 fully saturated rings. The number of nitrogens with zero attached hydrogens (tertiary/aromatic N) is 8. The largest absolute Gasteiger partial charge is 0.331 e. The second kappa shape index (κ2) is 20.7. The zero-order valence-electron chi connectivity index (χ0n) is 43.3. The number of benzene rings is 9. The number of aromatic nitrogens is 7. The second-order valence-corrected chi connectivity index (χ2v) is 20.1. The van der Waals surface area contributed by atoms with E-state index in [1.54, 1.807) is 0 Å². The van der Waals surface area contributed by atoms with Gasteiger partial charge in [0.15, 0.2) is 0 Å². The summed E-state index contributed by atoms with van der Waals surface area (Å²) in [6, 6.07) is 76.2.